The van der Waals surface area contributed by atoms with E-state index >= 15 is 0 Å². The van der Waals surface area contributed by atoms with E-state index in [4.69, 9.17) is 4.43 Å². The molecule has 0 heterocycles. The Morgan fingerprint density at radius 3 is 2.00 bits per heavy atom. The van der Waals surface area contributed by atoms with Crippen molar-refractivity contribution < 1.29 is 4.43 Å². The van der Waals surface area contributed by atoms with Crippen molar-refractivity contribution in [2.45, 2.75) is 33.9 Å². The molecule has 3 heteroatoms. The highest BCUT2D eigenvalue weighted by Crippen LogP contribution is 2.17. The maximum Gasteiger partial charge on any atom is 0.197 e. The largest absolute Gasteiger partial charge is 0.416 e. The van der Waals surface area contributed by atoms with E-state index in [1.165, 1.54) is 0 Å². The summed E-state index contributed by atoms with van der Waals surface area (Å²) in [5.41, 5.74) is 0.298. The second-order valence-corrected chi connectivity index (χ2v) is 10.5. The molecule has 0 bridgehead atoms. The Bertz CT molecular complexity index is 118. The first-order valence-electron chi connectivity index (χ1n) is 3.97. The molecule has 0 aliphatic heterocycles. The average Bonchev–Trinajstić information content (AvgIpc) is 1.83. The fourth-order valence-electron chi connectivity index (χ4n) is 0.450. The SMILES string of the molecule is CC(C)(C)CO[Si](C)(C)CBr. The second-order valence-electron chi connectivity index (χ2n) is 4.74. The van der Waals surface area contributed by atoms with Crippen molar-refractivity contribution >= 4 is 24.2 Å². The topological polar surface area (TPSA) is 9.23 Å². The van der Waals surface area contributed by atoms with Gasteiger partial charge in [0.2, 0.25) is 0 Å². The van der Waals surface area contributed by atoms with E-state index in [9.17, 15) is 0 Å². The van der Waals surface area contributed by atoms with Crippen molar-refractivity contribution in [3.8, 4) is 0 Å². The maximum atomic E-state index is 5.84. The van der Waals surface area contributed by atoms with Crippen LogP contribution in [0.1, 0.15) is 20.8 Å². The zero-order valence-electron chi connectivity index (χ0n) is 8.20. The van der Waals surface area contributed by atoms with Gasteiger partial charge in [-0.05, 0) is 18.5 Å². The third kappa shape index (κ3) is 7.03. The molecule has 0 aliphatic rings. The fourth-order valence-corrected chi connectivity index (χ4v) is 1.84. The fraction of sp³-hybridized carbons (Fsp3) is 1.00. The van der Waals surface area contributed by atoms with Crippen LogP contribution in [0.2, 0.25) is 13.1 Å². The van der Waals surface area contributed by atoms with Crippen LogP contribution in [0, 0.1) is 5.41 Å². The molecule has 0 radical (unpaired) electrons. The third-order valence-electron chi connectivity index (χ3n) is 1.22. The first kappa shape index (κ1) is 11.7. The molecule has 11 heavy (non-hydrogen) atoms. The summed E-state index contributed by atoms with van der Waals surface area (Å²) in [6.07, 6.45) is 0. The van der Waals surface area contributed by atoms with E-state index in [0.29, 0.717) is 5.41 Å². The average molecular weight is 239 g/mol. The van der Waals surface area contributed by atoms with E-state index in [0.717, 1.165) is 11.6 Å². The van der Waals surface area contributed by atoms with Crippen LogP contribution in [-0.2, 0) is 4.43 Å². The zero-order valence-corrected chi connectivity index (χ0v) is 10.8. The van der Waals surface area contributed by atoms with Crippen molar-refractivity contribution in [1.29, 1.82) is 0 Å². The summed E-state index contributed by atoms with van der Waals surface area (Å²) in [5, 5.41) is 0. The molecule has 0 aromatic heterocycles. The Balaban J connectivity index is 3.70. The summed E-state index contributed by atoms with van der Waals surface area (Å²) in [7, 11) is -1.37. The molecule has 0 saturated heterocycles. The van der Waals surface area contributed by atoms with Crippen molar-refractivity contribution in [3.05, 3.63) is 0 Å². The minimum absolute atomic E-state index is 0.298. The van der Waals surface area contributed by atoms with Crippen LogP contribution >= 0.6 is 15.9 Å². The van der Waals surface area contributed by atoms with Gasteiger partial charge in [-0.1, -0.05) is 36.7 Å². The molecule has 0 aromatic carbocycles. The predicted octanol–water partition coefficient (Wildman–Crippen LogP) is 3.19. The second kappa shape index (κ2) is 4.05. The highest BCUT2D eigenvalue weighted by Gasteiger charge is 2.23. The van der Waals surface area contributed by atoms with Gasteiger partial charge in [0, 0.05) is 11.6 Å². The van der Waals surface area contributed by atoms with Crippen molar-refractivity contribution in [2.24, 2.45) is 5.41 Å². The highest BCUT2D eigenvalue weighted by atomic mass is 79.9. The molecule has 0 atom stereocenters. The van der Waals surface area contributed by atoms with E-state index in [1.54, 1.807) is 0 Å². The number of alkyl halides is 1. The molecule has 68 valence electrons. The smallest absolute Gasteiger partial charge is 0.197 e. The molecule has 0 saturated carbocycles. The van der Waals surface area contributed by atoms with E-state index < -0.39 is 8.32 Å². The van der Waals surface area contributed by atoms with Crippen LogP contribution in [0.3, 0.4) is 0 Å². The Hall–Kier alpha value is 0.657. The van der Waals surface area contributed by atoms with Gasteiger partial charge < -0.3 is 4.43 Å². The van der Waals surface area contributed by atoms with Gasteiger partial charge in [-0.2, -0.15) is 0 Å². The highest BCUT2D eigenvalue weighted by molar-refractivity contribution is 9.09. The predicted molar refractivity (Wildman–Crippen MR) is 56.7 cm³/mol. The van der Waals surface area contributed by atoms with Crippen molar-refractivity contribution in [3.63, 3.8) is 0 Å². The van der Waals surface area contributed by atoms with Gasteiger partial charge in [-0.25, -0.2) is 0 Å². The van der Waals surface area contributed by atoms with Crippen LogP contribution in [0.15, 0.2) is 0 Å². The summed E-state index contributed by atoms with van der Waals surface area (Å²) >= 11 is 3.48. The quantitative estimate of drug-likeness (QED) is 0.543. The lowest BCUT2D eigenvalue weighted by Crippen LogP contribution is -2.36. The first-order valence-corrected chi connectivity index (χ1v) is 8.20. The Morgan fingerprint density at radius 2 is 1.73 bits per heavy atom. The molecular weight excluding hydrogens is 220 g/mol. The van der Waals surface area contributed by atoms with E-state index in [2.05, 4.69) is 49.8 Å². The Kier molecular flexibility index (Phi) is 4.30. The molecule has 0 unspecified atom stereocenters. The molecular formula is C8H19BrOSi. The summed E-state index contributed by atoms with van der Waals surface area (Å²) in [5.74, 6) is 0. The van der Waals surface area contributed by atoms with Crippen LogP contribution in [-0.4, -0.2) is 19.9 Å². The summed E-state index contributed by atoms with van der Waals surface area (Å²) < 4.78 is 5.84. The van der Waals surface area contributed by atoms with Crippen molar-refractivity contribution in [1.82, 2.24) is 0 Å². The van der Waals surface area contributed by atoms with Gasteiger partial charge in [-0.3, -0.25) is 0 Å². The lowest BCUT2D eigenvalue weighted by Gasteiger charge is -2.26. The van der Waals surface area contributed by atoms with Gasteiger partial charge >= 0.3 is 0 Å². The Morgan fingerprint density at radius 1 is 1.27 bits per heavy atom. The molecule has 1 nitrogen and oxygen atoms in total. The van der Waals surface area contributed by atoms with Gasteiger partial charge in [0.25, 0.3) is 0 Å². The summed E-state index contributed by atoms with van der Waals surface area (Å²) in [4.78, 5) is 1.02. The van der Waals surface area contributed by atoms with E-state index in [1.807, 2.05) is 0 Å². The lowest BCUT2D eigenvalue weighted by atomic mass is 9.99. The maximum absolute atomic E-state index is 5.84. The van der Waals surface area contributed by atoms with Crippen LogP contribution in [0.25, 0.3) is 0 Å². The summed E-state index contributed by atoms with van der Waals surface area (Å²) in [6.45, 7) is 11.9. The van der Waals surface area contributed by atoms with Gasteiger partial charge in [0.15, 0.2) is 8.32 Å². The molecule has 0 fully saturated rings. The van der Waals surface area contributed by atoms with Crippen LogP contribution in [0.5, 0.6) is 0 Å². The van der Waals surface area contributed by atoms with Crippen LogP contribution in [0.4, 0.5) is 0 Å². The van der Waals surface area contributed by atoms with Gasteiger partial charge in [-0.15, -0.1) is 0 Å². The number of hydrogen-bond donors (Lipinski definition) is 0. The van der Waals surface area contributed by atoms with Crippen molar-refractivity contribution in [2.75, 3.05) is 11.6 Å². The zero-order chi connectivity index (χ0) is 9.12. The molecule has 0 aromatic rings. The molecule has 0 rings (SSSR count). The molecule has 0 N–H and O–H groups in total. The number of hydrogen-bond acceptors (Lipinski definition) is 1. The third-order valence-corrected chi connectivity index (χ3v) is 6.84. The lowest BCUT2D eigenvalue weighted by molar-refractivity contribution is 0.191. The molecule has 0 amide bonds. The monoisotopic (exact) mass is 238 g/mol. The normalized spacial score (nSPS) is 13.6. The van der Waals surface area contributed by atoms with Gasteiger partial charge in [0.1, 0.15) is 0 Å². The number of halogens is 1. The minimum atomic E-state index is -1.37. The van der Waals surface area contributed by atoms with E-state index in [-0.39, 0.29) is 0 Å². The molecule has 0 aliphatic carbocycles. The molecule has 0 spiro atoms. The summed E-state index contributed by atoms with van der Waals surface area (Å²) in [6, 6.07) is 0. The number of rotatable bonds is 3. The van der Waals surface area contributed by atoms with Crippen LogP contribution < -0.4 is 0 Å². The first-order chi connectivity index (χ1) is 4.77. The standard InChI is InChI=1S/C8H19BrOSi/c1-8(2,3)6-10-11(4,5)7-9/h6-7H2,1-5H3. The van der Waals surface area contributed by atoms with Gasteiger partial charge in [0.05, 0.1) is 0 Å². The minimum Gasteiger partial charge on any atom is -0.416 e. The Labute approximate surface area is 79.8 Å².